The van der Waals surface area contributed by atoms with E-state index in [0.717, 1.165) is 29.7 Å². The van der Waals surface area contributed by atoms with Crippen LogP contribution in [0.4, 0.5) is 0 Å². The number of fused-ring (bicyclic) bond motifs is 1. The van der Waals surface area contributed by atoms with Crippen LogP contribution in [0.3, 0.4) is 0 Å². The maximum Gasteiger partial charge on any atom is 0.317 e. The van der Waals surface area contributed by atoms with Gasteiger partial charge in [0, 0.05) is 29.6 Å². The van der Waals surface area contributed by atoms with Crippen LogP contribution in [0.1, 0.15) is 31.4 Å². The smallest absolute Gasteiger partial charge is 0.317 e. The summed E-state index contributed by atoms with van der Waals surface area (Å²) in [6.07, 6.45) is 1.77. The van der Waals surface area contributed by atoms with Gasteiger partial charge in [-0.3, -0.25) is 9.69 Å². The molecule has 5 heteroatoms. The van der Waals surface area contributed by atoms with Gasteiger partial charge in [0.05, 0.1) is 13.2 Å². The van der Waals surface area contributed by atoms with Gasteiger partial charge < -0.3 is 9.84 Å². The highest BCUT2D eigenvalue weighted by atomic mass is 35.5. The van der Waals surface area contributed by atoms with Crippen LogP contribution in [0, 0.1) is 0 Å². The van der Waals surface area contributed by atoms with Crippen molar-refractivity contribution < 1.29 is 14.6 Å². The second-order valence-corrected chi connectivity index (χ2v) is 5.64. The van der Waals surface area contributed by atoms with E-state index in [1.54, 1.807) is 0 Å². The third-order valence-electron chi connectivity index (χ3n) is 3.75. The number of benzene rings is 1. The third-order valence-corrected chi connectivity index (χ3v) is 3.97. The number of rotatable bonds is 6. The molecule has 0 saturated carbocycles. The standard InChI is InChI=1S/C15H20ClNO3/c1-3-10(2)17(9-14(18)19)8-12-7-13(16)6-11-4-5-20-15(11)12/h6-7,10H,3-5,8-9H2,1-2H3,(H,18,19). The number of nitrogens with zero attached hydrogens (tertiary/aromatic N) is 1. The first-order valence-electron chi connectivity index (χ1n) is 6.91. The Hall–Kier alpha value is -1.26. The van der Waals surface area contributed by atoms with Crippen molar-refractivity contribution in [1.82, 2.24) is 4.90 Å². The molecule has 1 heterocycles. The molecule has 1 N–H and O–H groups in total. The fourth-order valence-corrected chi connectivity index (χ4v) is 2.75. The number of hydrogen-bond acceptors (Lipinski definition) is 3. The molecule has 0 spiro atoms. The van der Waals surface area contributed by atoms with Crippen LogP contribution < -0.4 is 4.74 Å². The van der Waals surface area contributed by atoms with Crippen LogP contribution in [0.2, 0.25) is 5.02 Å². The average Bonchev–Trinajstić information content (AvgIpc) is 2.84. The zero-order chi connectivity index (χ0) is 14.7. The number of carboxylic acid groups (broad SMARTS) is 1. The highest BCUT2D eigenvalue weighted by Crippen LogP contribution is 2.33. The first kappa shape index (κ1) is 15.1. The Morgan fingerprint density at radius 3 is 2.95 bits per heavy atom. The maximum absolute atomic E-state index is 11.0. The Balaban J connectivity index is 2.24. The lowest BCUT2D eigenvalue weighted by Gasteiger charge is -2.27. The quantitative estimate of drug-likeness (QED) is 0.877. The second kappa shape index (κ2) is 6.46. The second-order valence-electron chi connectivity index (χ2n) is 5.21. The Morgan fingerprint density at radius 1 is 1.55 bits per heavy atom. The molecule has 1 aromatic carbocycles. The maximum atomic E-state index is 11.0. The van der Waals surface area contributed by atoms with Gasteiger partial charge in [0.15, 0.2) is 0 Å². The molecule has 0 amide bonds. The lowest BCUT2D eigenvalue weighted by molar-refractivity contribution is -0.139. The molecule has 0 saturated heterocycles. The normalized spacial score (nSPS) is 15.0. The van der Waals surface area contributed by atoms with Crippen molar-refractivity contribution >= 4 is 17.6 Å². The average molecular weight is 298 g/mol. The summed E-state index contributed by atoms with van der Waals surface area (Å²) in [7, 11) is 0. The van der Waals surface area contributed by atoms with E-state index in [2.05, 4.69) is 6.92 Å². The zero-order valence-corrected chi connectivity index (χ0v) is 12.6. The molecular weight excluding hydrogens is 278 g/mol. The number of carboxylic acids is 1. The van der Waals surface area contributed by atoms with Gasteiger partial charge in [-0.25, -0.2) is 0 Å². The summed E-state index contributed by atoms with van der Waals surface area (Å²) in [6.45, 7) is 5.33. The molecule has 4 nitrogen and oxygen atoms in total. The predicted octanol–water partition coefficient (Wildman–Crippen LogP) is 2.96. The lowest BCUT2D eigenvalue weighted by atomic mass is 10.1. The fraction of sp³-hybridized carbons (Fsp3) is 0.533. The van der Waals surface area contributed by atoms with Crippen molar-refractivity contribution in [2.45, 2.75) is 39.3 Å². The molecule has 1 aliphatic rings. The van der Waals surface area contributed by atoms with Gasteiger partial charge in [-0.1, -0.05) is 18.5 Å². The summed E-state index contributed by atoms with van der Waals surface area (Å²) in [5, 5.41) is 9.74. The van der Waals surface area contributed by atoms with E-state index in [-0.39, 0.29) is 12.6 Å². The summed E-state index contributed by atoms with van der Waals surface area (Å²) in [6, 6.07) is 4.00. The van der Waals surface area contributed by atoms with E-state index in [9.17, 15) is 4.79 Å². The number of carbonyl (C=O) groups is 1. The molecule has 1 atom stereocenters. The van der Waals surface area contributed by atoms with Crippen LogP contribution in [0.5, 0.6) is 5.75 Å². The van der Waals surface area contributed by atoms with Crippen molar-refractivity contribution in [3.05, 3.63) is 28.3 Å². The minimum atomic E-state index is -0.815. The van der Waals surface area contributed by atoms with Crippen molar-refractivity contribution in [2.75, 3.05) is 13.2 Å². The molecule has 1 aromatic rings. The predicted molar refractivity (Wildman–Crippen MR) is 78.4 cm³/mol. The molecule has 0 aromatic heterocycles. The zero-order valence-electron chi connectivity index (χ0n) is 11.9. The summed E-state index contributed by atoms with van der Waals surface area (Å²) in [5.41, 5.74) is 2.10. The van der Waals surface area contributed by atoms with Crippen molar-refractivity contribution in [3.63, 3.8) is 0 Å². The summed E-state index contributed by atoms with van der Waals surface area (Å²) in [4.78, 5) is 13.0. The Labute approximate surface area is 124 Å². The third kappa shape index (κ3) is 3.44. The van der Waals surface area contributed by atoms with Gasteiger partial charge in [-0.15, -0.1) is 0 Å². The molecule has 2 rings (SSSR count). The lowest BCUT2D eigenvalue weighted by Crippen LogP contribution is -2.36. The van der Waals surface area contributed by atoms with Crippen LogP contribution >= 0.6 is 11.6 Å². The Morgan fingerprint density at radius 2 is 2.30 bits per heavy atom. The van der Waals surface area contributed by atoms with E-state index in [1.807, 2.05) is 24.0 Å². The van der Waals surface area contributed by atoms with E-state index in [1.165, 1.54) is 0 Å². The molecule has 110 valence electrons. The highest BCUT2D eigenvalue weighted by Gasteiger charge is 2.22. The minimum Gasteiger partial charge on any atom is -0.493 e. The molecular formula is C15H20ClNO3. The number of aliphatic carboxylic acids is 1. The Kier molecular flexibility index (Phi) is 4.89. The van der Waals surface area contributed by atoms with Crippen molar-refractivity contribution in [1.29, 1.82) is 0 Å². The number of halogens is 1. The van der Waals surface area contributed by atoms with Gasteiger partial charge in [0.1, 0.15) is 5.75 Å². The summed E-state index contributed by atoms with van der Waals surface area (Å²) in [5.74, 6) is 0.0676. The molecule has 20 heavy (non-hydrogen) atoms. The molecule has 1 aliphatic heterocycles. The molecule has 0 radical (unpaired) electrons. The SMILES string of the molecule is CCC(C)N(CC(=O)O)Cc1cc(Cl)cc2c1OCC2. The van der Waals surface area contributed by atoms with Gasteiger partial charge in [-0.05, 0) is 31.0 Å². The van der Waals surface area contributed by atoms with Crippen LogP contribution in [-0.2, 0) is 17.8 Å². The largest absolute Gasteiger partial charge is 0.493 e. The summed E-state index contributed by atoms with van der Waals surface area (Å²) >= 11 is 6.14. The molecule has 0 fully saturated rings. The number of hydrogen-bond donors (Lipinski definition) is 1. The Bertz CT molecular complexity index is 504. The van der Waals surface area contributed by atoms with Crippen LogP contribution in [-0.4, -0.2) is 35.2 Å². The highest BCUT2D eigenvalue weighted by molar-refractivity contribution is 6.30. The summed E-state index contributed by atoms with van der Waals surface area (Å²) < 4.78 is 5.67. The van der Waals surface area contributed by atoms with Crippen molar-refractivity contribution in [2.24, 2.45) is 0 Å². The van der Waals surface area contributed by atoms with E-state index >= 15 is 0 Å². The van der Waals surface area contributed by atoms with Gasteiger partial charge in [-0.2, -0.15) is 0 Å². The van der Waals surface area contributed by atoms with Crippen LogP contribution in [0.15, 0.2) is 12.1 Å². The van der Waals surface area contributed by atoms with E-state index in [0.29, 0.717) is 18.2 Å². The first-order chi connectivity index (χ1) is 9.51. The molecule has 0 bridgehead atoms. The number of ether oxygens (including phenoxy) is 1. The van der Waals surface area contributed by atoms with Gasteiger partial charge in [0.2, 0.25) is 0 Å². The molecule has 0 aliphatic carbocycles. The van der Waals surface area contributed by atoms with Gasteiger partial charge >= 0.3 is 5.97 Å². The monoisotopic (exact) mass is 297 g/mol. The van der Waals surface area contributed by atoms with Crippen molar-refractivity contribution in [3.8, 4) is 5.75 Å². The van der Waals surface area contributed by atoms with E-state index in [4.69, 9.17) is 21.4 Å². The van der Waals surface area contributed by atoms with Gasteiger partial charge in [0.25, 0.3) is 0 Å². The molecule has 1 unspecified atom stereocenters. The first-order valence-corrected chi connectivity index (χ1v) is 7.29. The minimum absolute atomic E-state index is 0.0241. The van der Waals surface area contributed by atoms with E-state index < -0.39 is 5.97 Å². The topological polar surface area (TPSA) is 49.8 Å². The van der Waals surface area contributed by atoms with Crippen LogP contribution in [0.25, 0.3) is 0 Å². The fourth-order valence-electron chi connectivity index (χ4n) is 2.48.